The first-order chi connectivity index (χ1) is 11.8. The quantitative estimate of drug-likeness (QED) is 0.802. The Bertz CT molecular complexity index is 984. The summed E-state index contributed by atoms with van der Waals surface area (Å²) in [5, 5.41) is 13.0. The first-order valence-electron chi connectivity index (χ1n) is 6.97. The topological polar surface area (TPSA) is 104 Å². The zero-order chi connectivity index (χ0) is 18.2. The Kier molecular flexibility index (Phi) is 4.46. The summed E-state index contributed by atoms with van der Waals surface area (Å²) >= 11 is 0.969. The van der Waals surface area contributed by atoms with Gasteiger partial charge in [0.1, 0.15) is 5.82 Å². The maximum absolute atomic E-state index is 13.0. The lowest BCUT2D eigenvalue weighted by molar-refractivity contribution is -0.113. The third kappa shape index (κ3) is 3.63. The third-order valence-corrected chi connectivity index (χ3v) is 5.23. The highest BCUT2D eigenvalue weighted by molar-refractivity contribution is 8.19. The fourth-order valence-corrected chi connectivity index (χ4v) is 3.59. The molecular weight excluding hydrogens is 365 g/mol. The molecule has 0 spiro atoms. The molecular formula is C16H12FN3O3S2. The zero-order valence-electron chi connectivity index (χ0n) is 12.6. The Hall–Kier alpha value is -2.49. The number of amidine groups is 1. The fourth-order valence-electron chi connectivity index (χ4n) is 2.22. The molecule has 0 unspecified atom stereocenters. The second-order valence-electron chi connectivity index (χ2n) is 5.15. The second kappa shape index (κ2) is 6.43. The Morgan fingerprint density at radius 2 is 1.68 bits per heavy atom. The number of carbonyl (C=O) groups is 1. The van der Waals surface area contributed by atoms with E-state index in [1.165, 1.54) is 48.5 Å². The molecule has 2 aromatic rings. The molecule has 9 heteroatoms. The number of primary sulfonamides is 1. The largest absolute Gasteiger partial charge is 0.278 e. The number of nitrogens with zero attached hydrogens (tertiary/aromatic N) is 1. The lowest BCUT2D eigenvalue weighted by atomic mass is 10.2. The van der Waals surface area contributed by atoms with E-state index in [2.05, 4.69) is 0 Å². The molecule has 0 radical (unpaired) electrons. The van der Waals surface area contributed by atoms with E-state index in [1.54, 1.807) is 6.08 Å². The van der Waals surface area contributed by atoms with Crippen molar-refractivity contribution >= 4 is 44.6 Å². The molecule has 25 heavy (non-hydrogen) atoms. The van der Waals surface area contributed by atoms with Crippen molar-refractivity contribution in [1.82, 2.24) is 0 Å². The number of benzene rings is 2. The molecule has 1 fully saturated rings. The van der Waals surface area contributed by atoms with Crippen molar-refractivity contribution in [1.29, 1.82) is 5.41 Å². The first kappa shape index (κ1) is 17.3. The zero-order valence-corrected chi connectivity index (χ0v) is 14.3. The third-order valence-electron chi connectivity index (χ3n) is 3.41. The summed E-state index contributed by atoms with van der Waals surface area (Å²) in [6.45, 7) is 0. The Morgan fingerprint density at radius 1 is 1.08 bits per heavy atom. The minimum absolute atomic E-state index is 0.0123. The van der Waals surface area contributed by atoms with Crippen LogP contribution in [0.4, 0.5) is 10.1 Å². The van der Waals surface area contributed by atoms with Crippen molar-refractivity contribution in [3.8, 4) is 0 Å². The highest BCUT2D eigenvalue weighted by atomic mass is 32.2. The monoisotopic (exact) mass is 377 g/mol. The Labute approximate surface area is 147 Å². The van der Waals surface area contributed by atoms with E-state index in [1.807, 2.05) is 0 Å². The van der Waals surface area contributed by atoms with Crippen LogP contribution >= 0.6 is 11.8 Å². The highest BCUT2D eigenvalue weighted by Gasteiger charge is 2.33. The van der Waals surface area contributed by atoms with Crippen LogP contribution in [-0.4, -0.2) is 19.5 Å². The van der Waals surface area contributed by atoms with Crippen molar-refractivity contribution < 1.29 is 17.6 Å². The predicted octanol–water partition coefficient (Wildman–Crippen LogP) is 2.53. The van der Waals surface area contributed by atoms with Gasteiger partial charge >= 0.3 is 0 Å². The van der Waals surface area contributed by atoms with Gasteiger partial charge in [0.05, 0.1) is 15.5 Å². The minimum atomic E-state index is -3.83. The Morgan fingerprint density at radius 3 is 2.24 bits per heavy atom. The van der Waals surface area contributed by atoms with Crippen molar-refractivity contribution in [3.63, 3.8) is 0 Å². The van der Waals surface area contributed by atoms with E-state index in [9.17, 15) is 17.6 Å². The molecule has 3 rings (SSSR count). The lowest BCUT2D eigenvalue weighted by Gasteiger charge is -2.14. The van der Waals surface area contributed by atoms with Gasteiger partial charge in [0.15, 0.2) is 5.17 Å². The van der Waals surface area contributed by atoms with E-state index < -0.39 is 15.9 Å². The van der Waals surface area contributed by atoms with Gasteiger partial charge in [-0.25, -0.2) is 17.9 Å². The van der Waals surface area contributed by atoms with Crippen LogP contribution in [0.15, 0.2) is 58.3 Å². The van der Waals surface area contributed by atoms with Gasteiger partial charge in [-0.3, -0.25) is 15.1 Å². The summed E-state index contributed by atoms with van der Waals surface area (Å²) < 4.78 is 35.5. The molecule has 0 atom stereocenters. The summed E-state index contributed by atoms with van der Waals surface area (Å²) in [6, 6.07) is 11.0. The number of anilines is 1. The molecule has 1 heterocycles. The van der Waals surface area contributed by atoms with Gasteiger partial charge in [-0.1, -0.05) is 12.1 Å². The van der Waals surface area contributed by atoms with Gasteiger partial charge in [0.25, 0.3) is 5.91 Å². The molecule has 0 aromatic heterocycles. The number of sulfonamides is 1. The summed E-state index contributed by atoms with van der Waals surface area (Å²) in [5.41, 5.74) is 0.994. The lowest BCUT2D eigenvalue weighted by Crippen LogP contribution is -2.28. The normalized spacial score (nSPS) is 16.7. The van der Waals surface area contributed by atoms with Crippen LogP contribution in [0.3, 0.4) is 0 Å². The average molecular weight is 377 g/mol. The number of rotatable bonds is 3. The highest BCUT2D eigenvalue weighted by Crippen LogP contribution is 2.35. The molecule has 3 N–H and O–H groups in total. The number of hydrogen-bond acceptors (Lipinski definition) is 5. The summed E-state index contributed by atoms with van der Waals surface area (Å²) in [5.74, 6) is -0.792. The van der Waals surface area contributed by atoms with Crippen LogP contribution in [0.2, 0.25) is 0 Å². The molecule has 1 aliphatic rings. The van der Waals surface area contributed by atoms with Crippen LogP contribution in [0.5, 0.6) is 0 Å². The molecule has 128 valence electrons. The second-order valence-corrected chi connectivity index (χ2v) is 7.74. The van der Waals surface area contributed by atoms with Crippen molar-refractivity contribution in [2.45, 2.75) is 4.90 Å². The van der Waals surface area contributed by atoms with Crippen molar-refractivity contribution in [2.24, 2.45) is 5.14 Å². The van der Waals surface area contributed by atoms with Crippen LogP contribution in [-0.2, 0) is 14.8 Å². The van der Waals surface area contributed by atoms with Gasteiger partial charge in [0.2, 0.25) is 10.0 Å². The van der Waals surface area contributed by atoms with Gasteiger partial charge in [-0.05, 0) is 59.8 Å². The number of halogens is 1. The van der Waals surface area contributed by atoms with Crippen molar-refractivity contribution in [2.75, 3.05) is 4.90 Å². The summed E-state index contributed by atoms with van der Waals surface area (Å²) in [7, 11) is -3.83. The summed E-state index contributed by atoms with van der Waals surface area (Å²) in [4.78, 5) is 13.9. The average Bonchev–Trinajstić information content (AvgIpc) is 2.83. The molecule has 0 saturated carbocycles. The van der Waals surface area contributed by atoms with Crippen LogP contribution in [0, 0.1) is 11.2 Å². The van der Waals surface area contributed by atoms with E-state index in [-0.39, 0.29) is 15.9 Å². The van der Waals surface area contributed by atoms with Gasteiger partial charge in [0, 0.05) is 0 Å². The van der Waals surface area contributed by atoms with Gasteiger partial charge < -0.3 is 0 Å². The van der Waals surface area contributed by atoms with E-state index in [4.69, 9.17) is 10.5 Å². The number of carbonyl (C=O) groups excluding carboxylic acids is 1. The first-order valence-corrected chi connectivity index (χ1v) is 9.33. The van der Waals surface area contributed by atoms with E-state index in [0.717, 1.165) is 16.7 Å². The van der Waals surface area contributed by atoms with E-state index >= 15 is 0 Å². The standard InChI is InChI=1S/C16H12FN3O3S2/c17-11-3-1-10(2-4-11)9-14-15(21)20(16(18)24-14)12-5-7-13(8-6-12)25(19,22)23/h1-9,18H,(H2,19,22,23)/b14-9-,18-16?. The maximum Gasteiger partial charge on any atom is 0.271 e. The number of nitrogens with one attached hydrogen (secondary N) is 1. The van der Waals surface area contributed by atoms with E-state index in [0.29, 0.717) is 16.2 Å². The smallest absolute Gasteiger partial charge is 0.271 e. The van der Waals surface area contributed by atoms with Gasteiger partial charge in [-0.15, -0.1) is 0 Å². The van der Waals surface area contributed by atoms with Crippen molar-refractivity contribution in [3.05, 3.63) is 64.8 Å². The maximum atomic E-state index is 13.0. The Balaban J connectivity index is 1.90. The molecule has 2 aromatic carbocycles. The minimum Gasteiger partial charge on any atom is -0.278 e. The molecule has 6 nitrogen and oxygen atoms in total. The molecule has 1 aliphatic heterocycles. The van der Waals surface area contributed by atoms with Gasteiger partial charge in [-0.2, -0.15) is 0 Å². The number of nitrogens with two attached hydrogens (primary N) is 1. The molecule has 0 bridgehead atoms. The number of thioether (sulfide) groups is 1. The number of amides is 1. The van der Waals surface area contributed by atoms with Crippen LogP contribution in [0.25, 0.3) is 6.08 Å². The summed E-state index contributed by atoms with van der Waals surface area (Å²) in [6.07, 6.45) is 1.57. The molecule has 1 saturated heterocycles. The molecule has 1 amide bonds. The number of hydrogen-bond donors (Lipinski definition) is 2. The molecule has 0 aliphatic carbocycles. The SMILES string of the molecule is N=C1S/C(=C\c2ccc(F)cc2)C(=O)N1c1ccc(S(N)(=O)=O)cc1. The fraction of sp³-hybridized carbons (Fsp3) is 0. The van der Waals surface area contributed by atoms with Crippen LogP contribution < -0.4 is 10.0 Å². The predicted molar refractivity (Wildman–Crippen MR) is 95.0 cm³/mol. The van der Waals surface area contributed by atoms with Crippen LogP contribution in [0.1, 0.15) is 5.56 Å².